The molecule has 6 nitrogen and oxygen atoms in total. The van der Waals surface area contributed by atoms with Crippen molar-refractivity contribution in [3.05, 3.63) is 60.7 Å². The van der Waals surface area contributed by atoms with E-state index in [1.165, 1.54) is 18.4 Å². The van der Waals surface area contributed by atoms with Gasteiger partial charge in [0.25, 0.3) is 0 Å². The van der Waals surface area contributed by atoms with Gasteiger partial charge in [0.2, 0.25) is 0 Å². The van der Waals surface area contributed by atoms with Crippen LogP contribution in [0.25, 0.3) is 5.70 Å². The average Bonchev–Trinajstić information content (AvgIpc) is 3.21. The highest BCUT2D eigenvalue weighted by Crippen LogP contribution is 2.41. The minimum atomic E-state index is 0.353. The summed E-state index contributed by atoms with van der Waals surface area (Å²) in [5.74, 6) is 3.34. The van der Waals surface area contributed by atoms with Crippen molar-refractivity contribution < 1.29 is 0 Å². The fraction of sp³-hybridized carbons (Fsp3) is 0.462. The van der Waals surface area contributed by atoms with Crippen LogP contribution in [0.1, 0.15) is 51.3 Å². The predicted molar refractivity (Wildman–Crippen MR) is 135 cm³/mol. The van der Waals surface area contributed by atoms with E-state index in [4.69, 9.17) is 4.98 Å². The number of anilines is 3. The van der Waals surface area contributed by atoms with Gasteiger partial charge in [0.15, 0.2) is 5.82 Å². The molecular formula is C26H36N6. The first kappa shape index (κ1) is 22.2. The quantitative estimate of drug-likeness (QED) is 0.550. The zero-order valence-electron chi connectivity index (χ0n) is 19.7. The van der Waals surface area contributed by atoms with Crippen molar-refractivity contribution >= 4 is 23.0 Å². The van der Waals surface area contributed by atoms with Gasteiger partial charge >= 0.3 is 0 Å². The summed E-state index contributed by atoms with van der Waals surface area (Å²) in [7, 11) is 0. The second kappa shape index (κ2) is 9.63. The summed E-state index contributed by atoms with van der Waals surface area (Å²) in [6.45, 7) is 18.0. The molecule has 4 heterocycles. The topological polar surface area (TPSA) is 56.3 Å². The van der Waals surface area contributed by atoms with Gasteiger partial charge in [-0.3, -0.25) is 0 Å². The third-order valence-electron chi connectivity index (χ3n) is 6.66. The van der Waals surface area contributed by atoms with Crippen LogP contribution in [0, 0.1) is 5.92 Å². The number of aryl methyl sites for hydroxylation is 1. The summed E-state index contributed by atoms with van der Waals surface area (Å²) in [5, 5.41) is 6.76. The van der Waals surface area contributed by atoms with Gasteiger partial charge in [0.1, 0.15) is 11.6 Å². The van der Waals surface area contributed by atoms with Gasteiger partial charge in [-0.05, 0) is 61.9 Å². The van der Waals surface area contributed by atoms with Crippen molar-refractivity contribution in [3.8, 4) is 0 Å². The molecule has 0 amide bonds. The van der Waals surface area contributed by atoms with Gasteiger partial charge in [-0.2, -0.15) is 0 Å². The molecular weight excluding hydrogens is 396 g/mol. The second-order valence-electron chi connectivity index (χ2n) is 8.98. The molecule has 6 heteroatoms. The molecule has 2 aliphatic rings. The van der Waals surface area contributed by atoms with E-state index in [1.807, 2.05) is 6.20 Å². The van der Waals surface area contributed by atoms with Gasteiger partial charge in [-0.25, -0.2) is 9.97 Å². The van der Waals surface area contributed by atoms with Crippen molar-refractivity contribution in [2.24, 2.45) is 5.92 Å². The summed E-state index contributed by atoms with van der Waals surface area (Å²) in [5.41, 5.74) is 4.18. The number of hydrogen-bond donors (Lipinski definition) is 2. The fourth-order valence-electron chi connectivity index (χ4n) is 4.55. The lowest BCUT2D eigenvalue weighted by Gasteiger charge is -2.38. The third-order valence-corrected chi connectivity index (χ3v) is 6.66. The molecule has 0 saturated carbocycles. The Labute approximate surface area is 192 Å². The Morgan fingerprint density at radius 2 is 2.09 bits per heavy atom. The molecule has 0 radical (unpaired) electrons. The van der Waals surface area contributed by atoms with E-state index in [0.29, 0.717) is 6.04 Å². The minimum Gasteiger partial charge on any atom is -0.384 e. The first-order chi connectivity index (χ1) is 15.5. The van der Waals surface area contributed by atoms with Crippen molar-refractivity contribution in [2.45, 2.75) is 52.5 Å². The predicted octanol–water partition coefficient (Wildman–Crippen LogP) is 5.02. The Morgan fingerprint density at radius 1 is 1.25 bits per heavy atom. The van der Waals surface area contributed by atoms with Gasteiger partial charge in [0, 0.05) is 25.8 Å². The van der Waals surface area contributed by atoms with Crippen LogP contribution in [0.15, 0.2) is 49.4 Å². The van der Waals surface area contributed by atoms with Crippen LogP contribution in [-0.4, -0.2) is 35.6 Å². The van der Waals surface area contributed by atoms with E-state index in [9.17, 15) is 0 Å². The summed E-state index contributed by atoms with van der Waals surface area (Å²) in [6, 6.07) is 8.83. The maximum atomic E-state index is 4.99. The molecule has 1 fully saturated rings. The van der Waals surface area contributed by atoms with E-state index in [1.54, 1.807) is 0 Å². The van der Waals surface area contributed by atoms with Crippen LogP contribution >= 0.6 is 0 Å². The Morgan fingerprint density at radius 3 is 2.88 bits per heavy atom. The summed E-state index contributed by atoms with van der Waals surface area (Å²) in [4.78, 5) is 14.2. The van der Waals surface area contributed by atoms with Crippen molar-refractivity contribution in [3.63, 3.8) is 0 Å². The van der Waals surface area contributed by atoms with E-state index in [0.717, 1.165) is 72.9 Å². The molecule has 1 saturated heterocycles. The molecule has 0 spiro atoms. The van der Waals surface area contributed by atoms with Gasteiger partial charge < -0.3 is 20.4 Å². The molecule has 0 aliphatic carbocycles. The zero-order valence-corrected chi connectivity index (χ0v) is 19.7. The standard InChI is InChI=1S/C26H36N6/c1-6-18(3)8-9-21-12-14-28-25(16-21)29-20(5)32-22-13-15-31(17-22)24-11-10-23(30-26(24)32)19(4)27-7-2/h10-12,14,16,18,22,27H,4-9,13,15,17H2,1-3H3,(H,28,29). The molecule has 2 aliphatic heterocycles. The van der Waals surface area contributed by atoms with Crippen LogP contribution in [0.4, 0.5) is 17.3 Å². The van der Waals surface area contributed by atoms with Crippen LogP contribution in [0.3, 0.4) is 0 Å². The normalized spacial score (nSPS) is 17.7. The summed E-state index contributed by atoms with van der Waals surface area (Å²) in [6.07, 6.45) is 6.46. The molecule has 2 N–H and O–H groups in total. The fourth-order valence-corrected chi connectivity index (χ4v) is 4.55. The molecule has 32 heavy (non-hydrogen) atoms. The number of nitrogens with zero attached hydrogens (tertiary/aromatic N) is 4. The van der Waals surface area contributed by atoms with Crippen LogP contribution in [0.5, 0.6) is 0 Å². The molecule has 0 aromatic carbocycles. The van der Waals surface area contributed by atoms with Gasteiger partial charge in [0.05, 0.1) is 23.1 Å². The zero-order chi connectivity index (χ0) is 22.7. The van der Waals surface area contributed by atoms with E-state index >= 15 is 0 Å². The number of fused-ring (bicyclic) bond motifs is 4. The Bertz CT molecular complexity index is 984. The first-order valence-electron chi connectivity index (χ1n) is 11.9. The van der Waals surface area contributed by atoms with E-state index in [2.05, 4.69) is 83.6 Å². The molecule has 2 aromatic heterocycles. The van der Waals surface area contributed by atoms with Crippen LogP contribution in [0.2, 0.25) is 0 Å². The lowest BCUT2D eigenvalue weighted by Crippen LogP contribution is -2.43. The van der Waals surface area contributed by atoms with Crippen LogP contribution < -0.4 is 20.4 Å². The molecule has 170 valence electrons. The molecule has 2 atom stereocenters. The maximum Gasteiger partial charge on any atom is 0.158 e. The van der Waals surface area contributed by atoms with Crippen molar-refractivity contribution in [2.75, 3.05) is 34.8 Å². The minimum absolute atomic E-state index is 0.353. The molecule has 2 aromatic rings. The SMILES string of the molecule is C=C(NCC)c1ccc2c(n1)N(C(=C)Nc1cc(CCC(C)CC)ccn1)C1CCN2C1. The Hall–Kier alpha value is -3.02. The third kappa shape index (κ3) is 4.59. The highest BCUT2D eigenvalue weighted by molar-refractivity contribution is 5.77. The van der Waals surface area contributed by atoms with Gasteiger partial charge in [-0.1, -0.05) is 33.4 Å². The highest BCUT2D eigenvalue weighted by atomic mass is 15.4. The van der Waals surface area contributed by atoms with Crippen LogP contribution in [-0.2, 0) is 6.42 Å². The number of nitrogens with one attached hydrogen (secondary N) is 2. The first-order valence-corrected chi connectivity index (χ1v) is 11.9. The number of hydrogen-bond acceptors (Lipinski definition) is 6. The Balaban J connectivity index is 1.56. The largest absolute Gasteiger partial charge is 0.384 e. The lowest BCUT2D eigenvalue weighted by molar-refractivity contribution is 0.516. The summed E-state index contributed by atoms with van der Waals surface area (Å²) < 4.78 is 0. The molecule has 4 rings (SSSR count). The highest BCUT2D eigenvalue weighted by Gasteiger charge is 2.38. The average molecular weight is 433 g/mol. The summed E-state index contributed by atoms with van der Waals surface area (Å²) >= 11 is 0. The monoisotopic (exact) mass is 432 g/mol. The maximum absolute atomic E-state index is 4.99. The second-order valence-corrected chi connectivity index (χ2v) is 8.98. The van der Waals surface area contributed by atoms with E-state index < -0.39 is 0 Å². The molecule has 2 unspecified atom stereocenters. The smallest absolute Gasteiger partial charge is 0.158 e. The molecule has 2 bridgehead atoms. The van der Waals surface area contributed by atoms with E-state index in [-0.39, 0.29) is 0 Å². The number of aromatic nitrogens is 2. The van der Waals surface area contributed by atoms with Crippen molar-refractivity contribution in [1.29, 1.82) is 0 Å². The van der Waals surface area contributed by atoms with Gasteiger partial charge in [-0.15, -0.1) is 0 Å². The number of pyridine rings is 2. The lowest BCUT2D eigenvalue weighted by atomic mass is 10.00. The Kier molecular flexibility index (Phi) is 6.68. The van der Waals surface area contributed by atoms with Crippen molar-refractivity contribution in [1.82, 2.24) is 15.3 Å². The number of rotatable bonds is 10.